The summed E-state index contributed by atoms with van der Waals surface area (Å²) in [6, 6.07) is 3.62. The van der Waals surface area contributed by atoms with Gasteiger partial charge in [0.1, 0.15) is 11.6 Å². The van der Waals surface area contributed by atoms with Gasteiger partial charge in [-0.1, -0.05) is 0 Å². The van der Waals surface area contributed by atoms with Crippen LogP contribution in [0.4, 0.5) is 8.78 Å². The van der Waals surface area contributed by atoms with Crippen molar-refractivity contribution in [1.29, 1.82) is 0 Å². The minimum Gasteiger partial charge on any atom is -0.289 e. The molecule has 0 N–H and O–H groups in total. The average molecular weight is 181 g/mol. The third-order valence-electron chi connectivity index (χ3n) is 2.12. The van der Waals surface area contributed by atoms with E-state index in [4.69, 9.17) is 0 Å². The first-order chi connectivity index (χ1) is 6.27. The van der Waals surface area contributed by atoms with Gasteiger partial charge in [-0.05, 0) is 25.0 Å². The van der Waals surface area contributed by atoms with E-state index >= 15 is 0 Å². The Balaban J connectivity index is 2.40. The van der Waals surface area contributed by atoms with Crippen molar-refractivity contribution in [3.63, 3.8) is 0 Å². The normalized spacial score (nSPS) is 16.0. The quantitative estimate of drug-likeness (QED) is 0.631. The zero-order valence-corrected chi connectivity index (χ0v) is 7.06. The van der Waals surface area contributed by atoms with Gasteiger partial charge in [-0.2, -0.15) is 0 Å². The Kier molecular flexibility index (Phi) is 2.08. The Morgan fingerprint density at radius 2 is 2.08 bits per heavy atom. The first kappa shape index (κ1) is 8.35. The van der Waals surface area contributed by atoms with Crippen molar-refractivity contribution in [2.75, 3.05) is 6.54 Å². The van der Waals surface area contributed by atoms with Crippen molar-refractivity contribution in [3.8, 4) is 0 Å². The predicted octanol–water partition coefficient (Wildman–Crippen LogP) is 2.55. The SMILES string of the molecule is Fc1ccc(C2=NCCC2)c(F)c1. The molecule has 3 heteroatoms. The summed E-state index contributed by atoms with van der Waals surface area (Å²) in [6.07, 6.45) is 1.76. The molecule has 13 heavy (non-hydrogen) atoms. The van der Waals surface area contributed by atoms with E-state index in [2.05, 4.69) is 4.99 Å². The van der Waals surface area contributed by atoms with Crippen molar-refractivity contribution in [2.45, 2.75) is 12.8 Å². The first-order valence-corrected chi connectivity index (χ1v) is 4.26. The molecule has 0 unspecified atom stereocenters. The molecule has 1 aromatic carbocycles. The van der Waals surface area contributed by atoms with Crippen LogP contribution >= 0.6 is 0 Å². The fourth-order valence-corrected chi connectivity index (χ4v) is 1.48. The monoisotopic (exact) mass is 181 g/mol. The van der Waals surface area contributed by atoms with Crippen molar-refractivity contribution in [3.05, 3.63) is 35.4 Å². The van der Waals surface area contributed by atoms with Gasteiger partial charge in [0.05, 0.1) is 0 Å². The molecule has 1 aliphatic rings. The zero-order chi connectivity index (χ0) is 9.26. The van der Waals surface area contributed by atoms with Gasteiger partial charge in [-0.15, -0.1) is 0 Å². The Bertz CT molecular complexity index is 358. The van der Waals surface area contributed by atoms with Crippen molar-refractivity contribution >= 4 is 5.71 Å². The van der Waals surface area contributed by atoms with Gasteiger partial charge in [-0.3, -0.25) is 4.99 Å². The highest BCUT2D eigenvalue weighted by Gasteiger charge is 2.13. The second kappa shape index (κ2) is 3.24. The van der Waals surface area contributed by atoms with Gasteiger partial charge in [0.2, 0.25) is 0 Å². The number of hydrogen-bond acceptors (Lipinski definition) is 1. The van der Waals surface area contributed by atoms with E-state index in [-0.39, 0.29) is 0 Å². The molecule has 0 spiro atoms. The molecule has 1 nitrogen and oxygen atoms in total. The summed E-state index contributed by atoms with van der Waals surface area (Å²) in [7, 11) is 0. The summed E-state index contributed by atoms with van der Waals surface area (Å²) in [5.41, 5.74) is 1.21. The minimum absolute atomic E-state index is 0.443. The zero-order valence-electron chi connectivity index (χ0n) is 7.06. The van der Waals surface area contributed by atoms with Crippen molar-refractivity contribution in [1.82, 2.24) is 0 Å². The van der Waals surface area contributed by atoms with Crippen LogP contribution < -0.4 is 0 Å². The maximum absolute atomic E-state index is 13.2. The fraction of sp³-hybridized carbons (Fsp3) is 0.300. The van der Waals surface area contributed by atoms with Crippen LogP contribution in [0.1, 0.15) is 18.4 Å². The lowest BCUT2D eigenvalue weighted by atomic mass is 10.1. The van der Waals surface area contributed by atoms with Crippen LogP contribution in [-0.4, -0.2) is 12.3 Å². The summed E-state index contributed by atoms with van der Waals surface area (Å²) in [5, 5.41) is 0. The van der Waals surface area contributed by atoms with Crippen LogP contribution in [0.2, 0.25) is 0 Å². The second-order valence-electron chi connectivity index (χ2n) is 3.06. The molecular weight excluding hydrogens is 172 g/mol. The lowest BCUT2D eigenvalue weighted by Crippen LogP contribution is -2.00. The van der Waals surface area contributed by atoms with Crippen LogP contribution in [0, 0.1) is 11.6 Å². The Labute approximate surface area is 75.1 Å². The number of benzene rings is 1. The van der Waals surface area contributed by atoms with E-state index in [9.17, 15) is 8.78 Å². The molecule has 0 fully saturated rings. The fourth-order valence-electron chi connectivity index (χ4n) is 1.48. The van der Waals surface area contributed by atoms with Gasteiger partial charge in [0.25, 0.3) is 0 Å². The average Bonchev–Trinajstić information content (AvgIpc) is 2.56. The minimum atomic E-state index is -0.542. The topological polar surface area (TPSA) is 12.4 Å². The van der Waals surface area contributed by atoms with Gasteiger partial charge < -0.3 is 0 Å². The van der Waals surface area contributed by atoms with E-state index in [1.165, 1.54) is 12.1 Å². The number of nitrogens with zero attached hydrogens (tertiary/aromatic N) is 1. The van der Waals surface area contributed by atoms with Crippen LogP contribution in [0.5, 0.6) is 0 Å². The molecule has 1 heterocycles. The molecule has 0 atom stereocenters. The highest BCUT2D eigenvalue weighted by molar-refractivity contribution is 6.01. The summed E-state index contributed by atoms with van der Waals surface area (Å²) in [4.78, 5) is 4.15. The van der Waals surface area contributed by atoms with Crippen LogP contribution in [-0.2, 0) is 0 Å². The molecule has 0 radical (unpaired) electrons. The maximum Gasteiger partial charge on any atom is 0.135 e. The highest BCUT2D eigenvalue weighted by atomic mass is 19.1. The van der Waals surface area contributed by atoms with Crippen molar-refractivity contribution in [2.24, 2.45) is 4.99 Å². The van der Waals surface area contributed by atoms with Gasteiger partial charge in [0.15, 0.2) is 0 Å². The van der Waals surface area contributed by atoms with Gasteiger partial charge >= 0.3 is 0 Å². The van der Waals surface area contributed by atoms with Crippen LogP contribution in [0.15, 0.2) is 23.2 Å². The van der Waals surface area contributed by atoms with Gasteiger partial charge in [-0.25, -0.2) is 8.78 Å². The molecule has 0 amide bonds. The molecule has 68 valence electrons. The lowest BCUT2D eigenvalue weighted by molar-refractivity contribution is 0.581. The first-order valence-electron chi connectivity index (χ1n) is 4.26. The molecule has 0 saturated carbocycles. The maximum atomic E-state index is 13.2. The van der Waals surface area contributed by atoms with E-state index in [1.54, 1.807) is 0 Å². The molecule has 2 rings (SSSR count). The molecule has 0 bridgehead atoms. The summed E-state index contributed by atoms with van der Waals surface area (Å²) in [5.74, 6) is -1.06. The second-order valence-corrected chi connectivity index (χ2v) is 3.06. The standard InChI is InChI=1S/C10H9F2N/c11-7-3-4-8(9(12)6-7)10-2-1-5-13-10/h3-4,6H,1-2,5H2. The molecule has 0 aliphatic carbocycles. The number of hydrogen-bond donors (Lipinski definition) is 0. The Morgan fingerprint density at radius 1 is 1.23 bits per heavy atom. The van der Waals surface area contributed by atoms with Crippen LogP contribution in [0.3, 0.4) is 0 Å². The van der Waals surface area contributed by atoms with Crippen LogP contribution in [0.25, 0.3) is 0 Å². The largest absolute Gasteiger partial charge is 0.289 e. The van der Waals surface area contributed by atoms with E-state index in [0.29, 0.717) is 5.56 Å². The highest BCUT2D eigenvalue weighted by Crippen LogP contribution is 2.16. The number of rotatable bonds is 1. The summed E-state index contributed by atoms with van der Waals surface area (Å²) >= 11 is 0. The van der Waals surface area contributed by atoms with E-state index in [0.717, 1.165) is 31.2 Å². The summed E-state index contributed by atoms with van der Waals surface area (Å²) in [6.45, 7) is 0.756. The van der Waals surface area contributed by atoms with E-state index in [1.807, 2.05) is 0 Å². The third kappa shape index (κ3) is 1.59. The van der Waals surface area contributed by atoms with Gasteiger partial charge in [0, 0.05) is 23.9 Å². The molecule has 0 saturated heterocycles. The predicted molar refractivity (Wildman–Crippen MR) is 47.0 cm³/mol. The van der Waals surface area contributed by atoms with E-state index < -0.39 is 11.6 Å². The van der Waals surface area contributed by atoms with Crippen molar-refractivity contribution < 1.29 is 8.78 Å². The Morgan fingerprint density at radius 3 is 2.69 bits per heavy atom. The third-order valence-corrected chi connectivity index (χ3v) is 2.12. The molecular formula is C10H9F2N. The molecule has 0 aromatic heterocycles. The summed E-state index contributed by atoms with van der Waals surface area (Å²) < 4.78 is 25.7. The molecule has 1 aromatic rings. The molecule has 1 aliphatic heterocycles. The number of aliphatic imine (C=N–C) groups is 1. The smallest absolute Gasteiger partial charge is 0.135 e. The Hall–Kier alpha value is -1.25. The number of halogens is 2. The lowest BCUT2D eigenvalue weighted by Gasteiger charge is -2.01.